The molecule has 26 heavy (non-hydrogen) atoms. The van der Waals surface area contributed by atoms with Crippen LogP contribution in [0.15, 0.2) is 46.0 Å². The van der Waals surface area contributed by atoms with Gasteiger partial charge in [-0.2, -0.15) is 5.10 Å². The molecular formula is C19H21BrN2O3S. The molecule has 0 aliphatic carbocycles. The van der Waals surface area contributed by atoms with Crippen molar-refractivity contribution in [3.8, 4) is 11.5 Å². The first kappa shape index (κ1) is 20.3. The average molecular weight is 437 g/mol. The van der Waals surface area contributed by atoms with Crippen LogP contribution in [0.1, 0.15) is 16.7 Å². The van der Waals surface area contributed by atoms with Crippen molar-refractivity contribution in [1.82, 2.24) is 5.43 Å². The van der Waals surface area contributed by atoms with Crippen molar-refractivity contribution in [2.75, 3.05) is 20.0 Å². The van der Waals surface area contributed by atoms with Crippen LogP contribution in [0.3, 0.4) is 0 Å². The molecule has 0 radical (unpaired) electrons. The van der Waals surface area contributed by atoms with Gasteiger partial charge in [0, 0.05) is 5.75 Å². The number of rotatable bonds is 8. The maximum atomic E-state index is 11.9. The lowest BCUT2D eigenvalue weighted by Gasteiger charge is -2.10. The Balaban J connectivity index is 1.83. The van der Waals surface area contributed by atoms with E-state index in [1.807, 2.05) is 6.07 Å². The van der Waals surface area contributed by atoms with Crippen LogP contribution in [0.4, 0.5) is 0 Å². The number of aryl methyl sites for hydroxylation is 1. The Bertz CT molecular complexity index is 779. The summed E-state index contributed by atoms with van der Waals surface area (Å²) in [7, 11) is 3.14. The van der Waals surface area contributed by atoms with Gasteiger partial charge in [0.15, 0.2) is 11.5 Å². The van der Waals surface area contributed by atoms with Gasteiger partial charge in [-0.3, -0.25) is 4.79 Å². The molecule has 0 aliphatic heterocycles. The SMILES string of the molecule is COc1cc(/C=N\NC(=O)CSCc2ccc(C)cc2)cc(Br)c1OC. The second-order valence-electron chi connectivity index (χ2n) is 5.51. The average Bonchev–Trinajstić information content (AvgIpc) is 2.63. The molecule has 138 valence electrons. The topological polar surface area (TPSA) is 59.9 Å². The van der Waals surface area contributed by atoms with E-state index >= 15 is 0 Å². The Kier molecular flexibility index (Phi) is 8.00. The minimum Gasteiger partial charge on any atom is -0.493 e. The Morgan fingerprint density at radius 3 is 2.62 bits per heavy atom. The first-order valence-corrected chi connectivity index (χ1v) is 9.85. The van der Waals surface area contributed by atoms with E-state index in [0.717, 1.165) is 15.8 Å². The molecule has 2 aromatic rings. The molecule has 0 spiro atoms. The molecule has 0 fully saturated rings. The van der Waals surface area contributed by atoms with Gasteiger partial charge in [0.1, 0.15) is 0 Å². The van der Waals surface area contributed by atoms with Crippen LogP contribution >= 0.6 is 27.7 Å². The lowest BCUT2D eigenvalue weighted by Crippen LogP contribution is -2.19. The highest BCUT2D eigenvalue weighted by Gasteiger charge is 2.09. The third-order valence-corrected chi connectivity index (χ3v) is 5.07. The summed E-state index contributed by atoms with van der Waals surface area (Å²) in [6.45, 7) is 2.05. The maximum Gasteiger partial charge on any atom is 0.250 e. The molecule has 0 atom stereocenters. The van der Waals surface area contributed by atoms with Gasteiger partial charge < -0.3 is 9.47 Å². The van der Waals surface area contributed by atoms with Gasteiger partial charge in [0.25, 0.3) is 0 Å². The minimum absolute atomic E-state index is 0.141. The highest BCUT2D eigenvalue weighted by molar-refractivity contribution is 9.10. The number of amides is 1. The largest absolute Gasteiger partial charge is 0.493 e. The molecule has 0 unspecified atom stereocenters. The Morgan fingerprint density at radius 2 is 1.96 bits per heavy atom. The molecule has 0 aromatic heterocycles. The van der Waals surface area contributed by atoms with Crippen molar-refractivity contribution in [1.29, 1.82) is 0 Å². The third kappa shape index (κ3) is 6.07. The molecule has 5 nitrogen and oxygen atoms in total. The van der Waals surface area contributed by atoms with Crippen LogP contribution in [0.2, 0.25) is 0 Å². The summed E-state index contributed by atoms with van der Waals surface area (Å²) in [5.74, 6) is 2.20. The molecule has 0 saturated carbocycles. The van der Waals surface area contributed by atoms with Crippen molar-refractivity contribution in [3.05, 3.63) is 57.6 Å². The summed E-state index contributed by atoms with van der Waals surface area (Å²) in [6.07, 6.45) is 1.56. The Labute approximate surface area is 166 Å². The number of halogens is 1. The second-order valence-corrected chi connectivity index (χ2v) is 7.35. The fourth-order valence-electron chi connectivity index (χ4n) is 2.17. The maximum absolute atomic E-state index is 11.9. The monoisotopic (exact) mass is 436 g/mol. The summed E-state index contributed by atoms with van der Waals surface area (Å²) in [6, 6.07) is 11.9. The number of benzene rings is 2. The van der Waals surface area contributed by atoms with E-state index in [2.05, 4.69) is 57.6 Å². The van der Waals surface area contributed by atoms with Gasteiger partial charge >= 0.3 is 0 Å². The van der Waals surface area contributed by atoms with Gasteiger partial charge in [0.05, 0.1) is 30.7 Å². The molecule has 0 aliphatic rings. The summed E-state index contributed by atoms with van der Waals surface area (Å²) >= 11 is 4.97. The molecule has 1 N–H and O–H groups in total. The zero-order valence-corrected chi connectivity index (χ0v) is 17.3. The van der Waals surface area contributed by atoms with Crippen molar-refractivity contribution in [3.63, 3.8) is 0 Å². The quantitative estimate of drug-likeness (QED) is 0.498. The Hall–Kier alpha value is -1.99. The molecule has 0 heterocycles. The smallest absolute Gasteiger partial charge is 0.250 e. The van der Waals surface area contributed by atoms with E-state index < -0.39 is 0 Å². The predicted molar refractivity (Wildman–Crippen MR) is 110 cm³/mol. The van der Waals surface area contributed by atoms with Crippen LogP contribution in [0.5, 0.6) is 11.5 Å². The second kappa shape index (κ2) is 10.2. The number of thioether (sulfide) groups is 1. The van der Waals surface area contributed by atoms with E-state index in [0.29, 0.717) is 17.3 Å². The first-order chi connectivity index (χ1) is 12.5. The fraction of sp³-hybridized carbons (Fsp3) is 0.263. The molecule has 1 amide bonds. The highest BCUT2D eigenvalue weighted by Crippen LogP contribution is 2.35. The summed E-state index contributed by atoms with van der Waals surface area (Å²) < 4.78 is 11.3. The van der Waals surface area contributed by atoms with E-state index in [1.165, 1.54) is 11.1 Å². The minimum atomic E-state index is -0.141. The van der Waals surface area contributed by atoms with Crippen LogP contribution in [-0.4, -0.2) is 32.1 Å². The van der Waals surface area contributed by atoms with Gasteiger partial charge in [0.2, 0.25) is 5.91 Å². The summed E-state index contributed by atoms with van der Waals surface area (Å²) in [5.41, 5.74) is 5.74. The molecular weight excluding hydrogens is 416 g/mol. The fourth-order valence-corrected chi connectivity index (χ4v) is 3.57. The molecule has 7 heteroatoms. The summed E-state index contributed by atoms with van der Waals surface area (Å²) in [5, 5.41) is 4.00. The number of nitrogens with one attached hydrogen (secondary N) is 1. The van der Waals surface area contributed by atoms with E-state index in [9.17, 15) is 4.79 Å². The number of hydrogen-bond donors (Lipinski definition) is 1. The van der Waals surface area contributed by atoms with Crippen LogP contribution in [0.25, 0.3) is 0 Å². The van der Waals surface area contributed by atoms with Crippen molar-refractivity contribution >= 4 is 39.8 Å². The zero-order chi connectivity index (χ0) is 18.9. The number of methoxy groups -OCH3 is 2. The van der Waals surface area contributed by atoms with Crippen molar-refractivity contribution < 1.29 is 14.3 Å². The lowest BCUT2D eigenvalue weighted by atomic mass is 10.2. The molecule has 0 saturated heterocycles. The van der Waals surface area contributed by atoms with Gasteiger partial charge in [-0.15, -0.1) is 11.8 Å². The van der Waals surface area contributed by atoms with Crippen molar-refractivity contribution in [2.24, 2.45) is 5.10 Å². The normalized spacial score (nSPS) is 10.8. The lowest BCUT2D eigenvalue weighted by molar-refractivity contribution is -0.118. The summed E-state index contributed by atoms with van der Waals surface area (Å²) in [4.78, 5) is 11.9. The number of ether oxygens (including phenoxy) is 2. The van der Waals surface area contributed by atoms with E-state index in [1.54, 1.807) is 38.3 Å². The number of nitrogens with zero attached hydrogens (tertiary/aromatic N) is 1. The standard InChI is InChI=1S/C19H21BrN2O3S/c1-13-4-6-14(7-5-13)11-26-12-18(23)22-21-10-15-8-16(20)19(25-3)17(9-15)24-2/h4-10H,11-12H2,1-3H3,(H,22,23)/b21-10-. The number of hydrazone groups is 1. The van der Waals surface area contributed by atoms with Crippen molar-refractivity contribution in [2.45, 2.75) is 12.7 Å². The third-order valence-electron chi connectivity index (χ3n) is 3.48. The number of hydrogen-bond acceptors (Lipinski definition) is 5. The predicted octanol–water partition coefficient (Wildman–Crippen LogP) is 4.16. The first-order valence-electron chi connectivity index (χ1n) is 7.90. The highest BCUT2D eigenvalue weighted by atomic mass is 79.9. The molecule has 2 rings (SSSR count). The van der Waals surface area contributed by atoms with Crippen LogP contribution in [-0.2, 0) is 10.5 Å². The van der Waals surface area contributed by atoms with Crippen LogP contribution < -0.4 is 14.9 Å². The van der Waals surface area contributed by atoms with Crippen LogP contribution in [0, 0.1) is 6.92 Å². The molecule has 2 aromatic carbocycles. The van der Waals surface area contributed by atoms with Gasteiger partial charge in [-0.25, -0.2) is 5.43 Å². The zero-order valence-electron chi connectivity index (χ0n) is 14.9. The Morgan fingerprint density at radius 1 is 1.23 bits per heavy atom. The number of carbonyl (C=O) groups is 1. The van der Waals surface area contributed by atoms with Gasteiger partial charge in [-0.1, -0.05) is 29.8 Å². The van der Waals surface area contributed by atoms with E-state index in [4.69, 9.17) is 9.47 Å². The van der Waals surface area contributed by atoms with E-state index in [-0.39, 0.29) is 5.91 Å². The molecule has 0 bridgehead atoms. The van der Waals surface area contributed by atoms with Gasteiger partial charge in [-0.05, 0) is 46.1 Å². The number of carbonyl (C=O) groups excluding carboxylic acids is 1.